The van der Waals surface area contributed by atoms with Gasteiger partial charge in [0.15, 0.2) is 5.57 Å². The van der Waals surface area contributed by atoms with Crippen molar-refractivity contribution in [1.82, 2.24) is 0 Å². The predicted octanol–water partition coefficient (Wildman–Crippen LogP) is -0.0843. The molecule has 0 spiro atoms. The number of rotatable bonds is 1. The normalized spacial score (nSPS) is 11.3. The summed E-state index contributed by atoms with van der Waals surface area (Å²) in [4.78, 5) is 10.6. The van der Waals surface area contributed by atoms with E-state index in [2.05, 4.69) is 4.74 Å². The van der Waals surface area contributed by atoms with Gasteiger partial charge in [0.25, 0.3) is 0 Å². The summed E-state index contributed by atoms with van der Waals surface area (Å²) in [5.41, 5.74) is 5.22. The van der Waals surface area contributed by atoms with E-state index in [0.29, 0.717) is 0 Å². The molecule has 0 amide bonds. The van der Waals surface area contributed by atoms with E-state index in [1.54, 1.807) is 6.07 Å². The number of nitriles is 1. The molecule has 0 atom stereocenters. The fourth-order valence-electron chi connectivity index (χ4n) is 0.397. The Hall–Kier alpha value is -1.50. The van der Waals surface area contributed by atoms with Gasteiger partial charge in [-0.1, -0.05) is 0 Å². The second kappa shape index (κ2) is 3.51. The smallest absolute Gasteiger partial charge is 0.350 e. The largest absolute Gasteiger partial charge is 0.465 e. The Labute approximate surface area is 58.9 Å². The number of carbonyl (C=O) groups excluding carboxylic acids is 1. The summed E-state index contributed by atoms with van der Waals surface area (Å²) >= 11 is 0. The van der Waals surface area contributed by atoms with Gasteiger partial charge in [-0.25, -0.2) is 4.79 Å². The number of nitrogens with two attached hydrogens (primary N) is 1. The molecule has 0 fully saturated rings. The standard InChI is InChI=1S/C6H8N2O2/c1-4(8)5(3-7)6(9)10-2/h8H2,1-2H3/b5-4-. The molecule has 0 aromatic rings. The molecular weight excluding hydrogens is 132 g/mol. The van der Waals surface area contributed by atoms with Crippen molar-refractivity contribution in [3.05, 3.63) is 11.3 Å². The van der Waals surface area contributed by atoms with E-state index < -0.39 is 5.97 Å². The summed E-state index contributed by atoms with van der Waals surface area (Å²) in [6.07, 6.45) is 0. The van der Waals surface area contributed by atoms with Crippen LogP contribution in [-0.2, 0) is 9.53 Å². The van der Waals surface area contributed by atoms with E-state index in [1.807, 2.05) is 0 Å². The lowest BCUT2D eigenvalue weighted by Gasteiger charge is -1.96. The van der Waals surface area contributed by atoms with Crippen LogP contribution in [0, 0.1) is 11.3 Å². The minimum atomic E-state index is -0.692. The first kappa shape index (κ1) is 8.50. The van der Waals surface area contributed by atoms with Crippen LogP contribution in [0.25, 0.3) is 0 Å². The number of hydrogen-bond donors (Lipinski definition) is 1. The Morgan fingerprint density at radius 3 is 2.30 bits per heavy atom. The monoisotopic (exact) mass is 140 g/mol. The third-order valence-electron chi connectivity index (χ3n) is 0.896. The van der Waals surface area contributed by atoms with E-state index in [9.17, 15) is 4.79 Å². The lowest BCUT2D eigenvalue weighted by molar-refractivity contribution is -0.135. The fourth-order valence-corrected chi connectivity index (χ4v) is 0.397. The van der Waals surface area contributed by atoms with Crippen molar-refractivity contribution < 1.29 is 9.53 Å². The van der Waals surface area contributed by atoms with Crippen LogP contribution < -0.4 is 5.73 Å². The van der Waals surface area contributed by atoms with Gasteiger partial charge in [-0.05, 0) is 6.92 Å². The molecule has 0 aliphatic rings. The molecule has 0 saturated carbocycles. The van der Waals surface area contributed by atoms with Crippen molar-refractivity contribution in [3.63, 3.8) is 0 Å². The third-order valence-corrected chi connectivity index (χ3v) is 0.896. The van der Waals surface area contributed by atoms with Crippen LogP contribution in [0.4, 0.5) is 0 Å². The average molecular weight is 140 g/mol. The van der Waals surface area contributed by atoms with Crippen molar-refractivity contribution in [1.29, 1.82) is 5.26 Å². The van der Waals surface area contributed by atoms with Gasteiger partial charge in [0, 0.05) is 5.70 Å². The zero-order valence-corrected chi connectivity index (χ0v) is 5.84. The summed E-state index contributed by atoms with van der Waals surface area (Å²) in [6.45, 7) is 1.47. The Bertz CT molecular complexity index is 208. The lowest BCUT2D eigenvalue weighted by atomic mass is 10.2. The summed E-state index contributed by atoms with van der Waals surface area (Å²) in [5.74, 6) is -0.692. The second-order valence-corrected chi connectivity index (χ2v) is 1.66. The topological polar surface area (TPSA) is 76.1 Å². The molecule has 2 N–H and O–H groups in total. The molecule has 0 bridgehead atoms. The number of nitrogens with zero attached hydrogens (tertiary/aromatic N) is 1. The highest BCUT2D eigenvalue weighted by atomic mass is 16.5. The van der Waals surface area contributed by atoms with Crippen molar-refractivity contribution >= 4 is 5.97 Å². The highest BCUT2D eigenvalue weighted by Gasteiger charge is 2.09. The molecule has 0 aliphatic heterocycles. The molecule has 0 aromatic heterocycles. The Kier molecular flexibility index (Phi) is 2.98. The first-order chi connectivity index (χ1) is 4.63. The SMILES string of the molecule is COC(=O)/C(C#N)=C(/C)N. The predicted molar refractivity (Wildman–Crippen MR) is 34.5 cm³/mol. The van der Waals surface area contributed by atoms with Crippen molar-refractivity contribution in [2.24, 2.45) is 5.73 Å². The van der Waals surface area contributed by atoms with Crippen LogP contribution in [0.3, 0.4) is 0 Å². The van der Waals surface area contributed by atoms with E-state index >= 15 is 0 Å². The minimum absolute atomic E-state index is 0.137. The molecule has 0 aliphatic carbocycles. The van der Waals surface area contributed by atoms with E-state index in [4.69, 9.17) is 11.0 Å². The third kappa shape index (κ3) is 1.78. The molecule has 4 heteroatoms. The number of ether oxygens (including phenoxy) is 1. The van der Waals surface area contributed by atoms with Gasteiger partial charge in [-0.3, -0.25) is 0 Å². The van der Waals surface area contributed by atoms with Crippen LogP contribution in [0.2, 0.25) is 0 Å². The van der Waals surface area contributed by atoms with Crippen LogP contribution in [-0.4, -0.2) is 13.1 Å². The Morgan fingerprint density at radius 1 is 1.70 bits per heavy atom. The van der Waals surface area contributed by atoms with Crippen molar-refractivity contribution in [2.45, 2.75) is 6.92 Å². The summed E-state index contributed by atoms with van der Waals surface area (Å²) in [5, 5.41) is 8.31. The molecule has 0 saturated heterocycles. The quantitative estimate of drug-likeness (QED) is 0.314. The zero-order valence-electron chi connectivity index (χ0n) is 5.84. The number of allylic oxidation sites excluding steroid dienone is 1. The van der Waals surface area contributed by atoms with E-state index in [1.165, 1.54) is 14.0 Å². The summed E-state index contributed by atoms with van der Waals surface area (Å²) in [6, 6.07) is 1.63. The van der Waals surface area contributed by atoms with Gasteiger partial charge >= 0.3 is 5.97 Å². The maximum absolute atomic E-state index is 10.6. The summed E-state index contributed by atoms with van der Waals surface area (Å²) in [7, 11) is 1.20. The van der Waals surface area contributed by atoms with E-state index in [0.717, 1.165) is 0 Å². The van der Waals surface area contributed by atoms with Crippen LogP contribution >= 0.6 is 0 Å². The van der Waals surface area contributed by atoms with Gasteiger partial charge < -0.3 is 10.5 Å². The first-order valence-corrected chi connectivity index (χ1v) is 2.58. The number of esters is 1. The Balaban J connectivity index is 4.59. The first-order valence-electron chi connectivity index (χ1n) is 2.58. The summed E-state index contributed by atoms with van der Waals surface area (Å²) < 4.78 is 4.27. The van der Waals surface area contributed by atoms with Crippen LogP contribution in [0.15, 0.2) is 11.3 Å². The highest BCUT2D eigenvalue weighted by Crippen LogP contribution is 1.98. The molecule has 0 unspecified atom stereocenters. The van der Waals surface area contributed by atoms with Gasteiger partial charge in [-0.15, -0.1) is 0 Å². The van der Waals surface area contributed by atoms with Gasteiger partial charge in [-0.2, -0.15) is 5.26 Å². The molecule has 0 aromatic carbocycles. The molecule has 10 heavy (non-hydrogen) atoms. The molecule has 0 heterocycles. The second-order valence-electron chi connectivity index (χ2n) is 1.66. The van der Waals surface area contributed by atoms with E-state index in [-0.39, 0.29) is 11.3 Å². The fraction of sp³-hybridized carbons (Fsp3) is 0.333. The average Bonchev–Trinajstić information content (AvgIpc) is 1.88. The van der Waals surface area contributed by atoms with Crippen molar-refractivity contribution in [2.75, 3.05) is 7.11 Å². The zero-order chi connectivity index (χ0) is 8.15. The molecule has 54 valence electrons. The molecule has 0 rings (SSSR count). The Morgan fingerprint density at radius 2 is 2.20 bits per heavy atom. The van der Waals surface area contributed by atoms with Crippen LogP contribution in [0.5, 0.6) is 0 Å². The number of hydrogen-bond acceptors (Lipinski definition) is 4. The number of carbonyl (C=O) groups is 1. The molecular formula is C6H8N2O2. The highest BCUT2D eigenvalue weighted by molar-refractivity contribution is 5.93. The minimum Gasteiger partial charge on any atom is -0.465 e. The van der Waals surface area contributed by atoms with Crippen LogP contribution in [0.1, 0.15) is 6.92 Å². The number of methoxy groups -OCH3 is 1. The molecule has 4 nitrogen and oxygen atoms in total. The van der Waals surface area contributed by atoms with Gasteiger partial charge in [0.2, 0.25) is 0 Å². The van der Waals surface area contributed by atoms with Gasteiger partial charge in [0.1, 0.15) is 6.07 Å². The lowest BCUT2D eigenvalue weighted by Crippen LogP contribution is -2.09. The maximum Gasteiger partial charge on any atom is 0.350 e. The van der Waals surface area contributed by atoms with Crippen molar-refractivity contribution in [3.8, 4) is 6.07 Å². The van der Waals surface area contributed by atoms with Gasteiger partial charge in [0.05, 0.1) is 7.11 Å². The maximum atomic E-state index is 10.6. The molecule has 0 radical (unpaired) electrons.